The van der Waals surface area contributed by atoms with E-state index in [0.717, 1.165) is 37.4 Å². The number of fused-ring (bicyclic) bond motifs is 3. The van der Waals surface area contributed by atoms with Crippen molar-refractivity contribution in [1.29, 1.82) is 0 Å². The Labute approximate surface area is 158 Å². The maximum Gasteiger partial charge on any atom is 0.234 e. The molecule has 1 aromatic heterocycles. The average molecular weight is 371 g/mol. The van der Waals surface area contributed by atoms with Crippen LogP contribution in [-0.4, -0.2) is 65.2 Å². The molecule has 4 rings (SSSR count). The molecule has 1 aromatic carbocycles. The van der Waals surface area contributed by atoms with Crippen LogP contribution in [0.2, 0.25) is 0 Å². The lowest BCUT2D eigenvalue weighted by atomic mass is 10.0. The molecule has 144 valence electrons. The summed E-state index contributed by atoms with van der Waals surface area (Å²) in [5.74, 6) is 0.894. The summed E-state index contributed by atoms with van der Waals surface area (Å²) in [7, 11) is 1.65. The molecule has 3 heterocycles. The minimum atomic E-state index is 0.0532. The molecule has 0 radical (unpaired) electrons. The van der Waals surface area contributed by atoms with Crippen molar-refractivity contribution in [3.05, 3.63) is 41.7 Å². The lowest BCUT2D eigenvalue weighted by molar-refractivity contribution is -0.124. The Balaban J connectivity index is 1.24. The van der Waals surface area contributed by atoms with E-state index in [1.807, 2.05) is 28.9 Å². The number of benzene rings is 1. The number of likely N-dealkylation sites (tertiary alicyclic amines) is 1. The number of ether oxygens (including phenoxy) is 2. The summed E-state index contributed by atoms with van der Waals surface area (Å²) in [6.07, 6.45) is 3.62. The zero-order valence-corrected chi connectivity index (χ0v) is 15.5. The lowest BCUT2D eigenvalue weighted by Gasteiger charge is -2.40. The van der Waals surface area contributed by atoms with Crippen molar-refractivity contribution in [1.82, 2.24) is 25.2 Å². The number of aromatic nitrogens is 3. The van der Waals surface area contributed by atoms with Crippen LogP contribution >= 0.6 is 0 Å². The number of piperidine rings is 1. The molecule has 1 amide bonds. The minimum absolute atomic E-state index is 0.0532. The summed E-state index contributed by atoms with van der Waals surface area (Å²) in [4.78, 5) is 14.5. The molecule has 1 fully saturated rings. The fourth-order valence-corrected chi connectivity index (χ4v) is 3.79. The molecule has 2 aliphatic rings. The Kier molecular flexibility index (Phi) is 5.35. The standard InChI is InChI=1S/C19H25N5O3/c1-26-16-4-2-14(3-5-16)6-8-20-19(25)12-23-9-7-18-17(11-23)24-15(13-27-18)10-21-22-24/h2-5,10,17-18H,6-9,11-13H2,1H3,(H,20,25)/t17-,18+/m1/s1. The lowest BCUT2D eigenvalue weighted by Crippen LogP contribution is -2.50. The highest BCUT2D eigenvalue weighted by Crippen LogP contribution is 2.29. The molecule has 1 saturated heterocycles. The first-order valence-electron chi connectivity index (χ1n) is 9.35. The maximum atomic E-state index is 12.3. The smallest absolute Gasteiger partial charge is 0.234 e. The first kappa shape index (κ1) is 17.9. The van der Waals surface area contributed by atoms with Crippen LogP contribution < -0.4 is 10.1 Å². The molecule has 2 atom stereocenters. The van der Waals surface area contributed by atoms with Gasteiger partial charge in [-0.2, -0.15) is 0 Å². The minimum Gasteiger partial charge on any atom is -0.497 e. The number of rotatable bonds is 6. The first-order chi connectivity index (χ1) is 13.2. The zero-order valence-electron chi connectivity index (χ0n) is 15.5. The molecular formula is C19H25N5O3. The Morgan fingerprint density at radius 3 is 3.04 bits per heavy atom. The van der Waals surface area contributed by atoms with Crippen LogP contribution in [0.5, 0.6) is 5.75 Å². The van der Waals surface area contributed by atoms with Crippen molar-refractivity contribution >= 4 is 5.91 Å². The molecule has 0 bridgehead atoms. The highest BCUT2D eigenvalue weighted by Gasteiger charge is 2.36. The molecule has 27 heavy (non-hydrogen) atoms. The monoisotopic (exact) mass is 371 g/mol. The Bertz CT molecular complexity index is 776. The van der Waals surface area contributed by atoms with Crippen LogP contribution in [0, 0.1) is 0 Å². The van der Waals surface area contributed by atoms with Crippen LogP contribution in [0.15, 0.2) is 30.5 Å². The number of amides is 1. The second kappa shape index (κ2) is 8.06. The number of nitrogens with zero attached hydrogens (tertiary/aromatic N) is 4. The number of nitrogens with one attached hydrogen (secondary N) is 1. The van der Waals surface area contributed by atoms with Gasteiger partial charge in [-0.15, -0.1) is 5.10 Å². The highest BCUT2D eigenvalue weighted by atomic mass is 16.5. The summed E-state index contributed by atoms with van der Waals surface area (Å²) in [5, 5.41) is 11.2. The van der Waals surface area contributed by atoms with E-state index in [1.165, 1.54) is 5.56 Å². The van der Waals surface area contributed by atoms with Gasteiger partial charge in [0.05, 0.1) is 44.3 Å². The van der Waals surface area contributed by atoms with Crippen LogP contribution in [0.3, 0.4) is 0 Å². The van der Waals surface area contributed by atoms with E-state index >= 15 is 0 Å². The summed E-state index contributed by atoms with van der Waals surface area (Å²) in [6.45, 7) is 3.21. The van der Waals surface area contributed by atoms with Gasteiger partial charge >= 0.3 is 0 Å². The molecule has 0 saturated carbocycles. The topological polar surface area (TPSA) is 81.5 Å². The van der Waals surface area contributed by atoms with Crippen LogP contribution in [0.4, 0.5) is 0 Å². The second-order valence-corrected chi connectivity index (χ2v) is 7.06. The highest BCUT2D eigenvalue weighted by molar-refractivity contribution is 5.78. The summed E-state index contributed by atoms with van der Waals surface area (Å²) < 4.78 is 13.0. The summed E-state index contributed by atoms with van der Waals surface area (Å²) in [6, 6.07) is 8.05. The van der Waals surface area contributed by atoms with Gasteiger partial charge in [0.25, 0.3) is 0 Å². The van der Waals surface area contributed by atoms with Crippen molar-refractivity contribution in [2.75, 3.05) is 33.3 Å². The molecule has 0 spiro atoms. The van der Waals surface area contributed by atoms with Crippen molar-refractivity contribution in [3.63, 3.8) is 0 Å². The Morgan fingerprint density at radius 1 is 1.37 bits per heavy atom. The van der Waals surface area contributed by atoms with E-state index in [2.05, 4.69) is 20.5 Å². The molecule has 0 aliphatic carbocycles. The van der Waals surface area contributed by atoms with Gasteiger partial charge in [0.1, 0.15) is 5.75 Å². The van der Waals surface area contributed by atoms with Gasteiger partial charge in [0.2, 0.25) is 5.91 Å². The molecule has 2 aliphatic heterocycles. The van der Waals surface area contributed by atoms with Crippen LogP contribution in [0.1, 0.15) is 23.7 Å². The summed E-state index contributed by atoms with van der Waals surface area (Å²) >= 11 is 0. The first-order valence-corrected chi connectivity index (χ1v) is 9.35. The fourth-order valence-electron chi connectivity index (χ4n) is 3.79. The fraction of sp³-hybridized carbons (Fsp3) is 0.526. The molecular weight excluding hydrogens is 346 g/mol. The SMILES string of the molecule is COc1ccc(CCNC(=O)CN2CC[C@@H]3OCc4cnnn4[C@@H]3C2)cc1. The van der Waals surface area contributed by atoms with Gasteiger partial charge in [-0.05, 0) is 30.5 Å². The number of carbonyl (C=O) groups excluding carboxylic acids is 1. The third-order valence-electron chi connectivity index (χ3n) is 5.27. The normalized spacial score (nSPS) is 22.0. The van der Waals surface area contributed by atoms with Crippen LogP contribution in [-0.2, 0) is 22.6 Å². The van der Waals surface area contributed by atoms with Gasteiger partial charge in [-0.3, -0.25) is 9.69 Å². The van der Waals surface area contributed by atoms with E-state index in [4.69, 9.17) is 9.47 Å². The number of methoxy groups -OCH3 is 1. The van der Waals surface area contributed by atoms with E-state index < -0.39 is 0 Å². The number of hydrogen-bond donors (Lipinski definition) is 1. The number of carbonyl (C=O) groups is 1. The maximum absolute atomic E-state index is 12.3. The van der Waals surface area contributed by atoms with Gasteiger partial charge in [-0.1, -0.05) is 17.3 Å². The Morgan fingerprint density at radius 2 is 2.22 bits per heavy atom. The quantitative estimate of drug-likeness (QED) is 0.809. The van der Waals surface area contributed by atoms with Gasteiger partial charge in [0.15, 0.2) is 0 Å². The molecule has 2 aromatic rings. The summed E-state index contributed by atoms with van der Waals surface area (Å²) in [5.41, 5.74) is 2.18. The predicted molar refractivity (Wildman–Crippen MR) is 98.4 cm³/mol. The molecule has 8 nitrogen and oxygen atoms in total. The average Bonchev–Trinajstić information content (AvgIpc) is 3.18. The second-order valence-electron chi connectivity index (χ2n) is 7.06. The van der Waals surface area contributed by atoms with Crippen molar-refractivity contribution < 1.29 is 14.3 Å². The van der Waals surface area contributed by atoms with Crippen molar-refractivity contribution in [3.8, 4) is 5.75 Å². The van der Waals surface area contributed by atoms with Gasteiger partial charge < -0.3 is 14.8 Å². The number of hydrogen-bond acceptors (Lipinski definition) is 6. The zero-order chi connectivity index (χ0) is 18.6. The molecule has 8 heteroatoms. The molecule has 1 N–H and O–H groups in total. The third kappa shape index (κ3) is 4.12. The van der Waals surface area contributed by atoms with Gasteiger partial charge in [-0.25, -0.2) is 4.68 Å². The van der Waals surface area contributed by atoms with Crippen molar-refractivity contribution in [2.45, 2.75) is 31.6 Å². The van der Waals surface area contributed by atoms with Crippen LogP contribution in [0.25, 0.3) is 0 Å². The molecule has 0 unspecified atom stereocenters. The largest absolute Gasteiger partial charge is 0.497 e. The van der Waals surface area contributed by atoms with E-state index in [0.29, 0.717) is 19.7 Å². The van der Waals surface area contributed by atoms with E-state index in [1.54, 1.807) is 13.3 Å². The van der Waals surface area contributed by atoms with E-state index in [9.17, 15) is 4.79 Å². The Hall–Kier alpha value is -2.45. The van der Waals surface area contributed by atoms with Crippen molar-refractivity contribution in [2.24, 2.45) is 0 Å². The third-order valence-corrected chi connectivity index (χ3v) is 5.27. The predicted octanol–water partition coefficient (Wildman–Crippen LogP) is 0.791. The van der Waals surface area contributed by atoms with Gasteiger partial charge in [0, 0.05) is 19.6 Å². The van der Waals surface area contributed by atoms with E-state index in [-0.39, 0.29) is 18.1 Å².